The third kappa shape index (κ3) is 4.66. The Morgan fingerprint density at radius 3 is 1.29 bits per heavy atom. The first-order valence-corrected chi connectivity index (χ1v) is 9.39. The molecule has 3 nitrogen and oxygen atoms in total. The molecular weight excluding hydrogens is 348 g/mol. The fraction of sp³-hybridized carbons (Fsp3) is 0.280. The molecule has 0 aromatic heterocycles. The summed E-state index contributed by atoms with van der Waals surface area (Å²) < 4.78 is 0. The van der Waals surface area contributed by atoms with Crippen LogP contribution in [0.4, 0.5) is 0 Å². The van der Waals surface area contributed by atoms with Crippen molar-refractivity contribution in [2.75, 3.05) is 0 Å². The topological polar surface area (TPSA) is 60.7 Å². The van der Waals surface area contributed by atoms with Gasteiger partial charge < -0.3 is 15.3 Å². The zero-order valence-corrected chi connectivity index (χ0v) is 17.5. The zero-order valence-electron chi connectivity index (χ0n) is 17.5. The summed E-state index contributed by atoms with van der Waals surface area (Å²) >= 11 is 0. The summed E-state index contributed by atoms with van der Waals surface area (Å²) in [7, 11) is 0. The molecule has 0 amide bonds. The molecule has 0 saturated heterocycles. The smallest absolute Gasteiger partial charge is 0.121 e. The molecule has 28 heavy (non-hydrogen) atoms. The van der Waals surface area contributed by atoms with Gasteiger partial charge in [-0.2, -0.15) is 0 Å². The molecule has 3 N–H and O–H groups in total. The average molecular weight is 379 g/mol. The van der Waals surface area contributed by atoms with Gasteiger partial charge in [-0.25, -0.2) is 0 Å². The minimum atomic E-state index is -0.170. The average Bonchev–Trinajstić information content (AvgIpc) is 2.64. The van der Waals surface area contributed by atoms with Gasteiger partial charge >= 0.3 is 0 Å². The molecule has 3 rings (SSSR count). The van der Waals surface area contributed by atoms with Crippen LogP contribution in [0.5, 0.6) is 17.2 Å². The van der Waals surface area contributed by atoms with Crippen molar-refractivity contribution < 1.29 is 15.3 Å². The standard InChI is InChI=1S/C17H20O2.C8H10O/c1-11-9-13(5-7-15(11)18)17(3,4)14-6-8-16(19)12(2)10-14;1-6-4-3-5-7(2)8(6)9/h5-10,18-19H,1-4H3;3-5,9H,1-2H3. The molecule has 3 aromatic carbocycles. The lowest BCUT2D eigenvalue weighted by Gasteiger charge is -2.27. The summed E-state index contributed by atoms with van der Waals surface area (Å²) in [5, 5.41) is 28.5. The number of hydrogen-bond acceptors (Lipinski definition) is 3. The number of rotatable bonds is 2. The van der Waals surface area contributed by atoms with Gasteiger partial charge in [-0.05, 0) is 73.2 Å². The van der Waals surface area contributed by atoms with Gasteiger partial charge in [-0.3, -0.25) is 0 Å². The monoisotopic (exact) mass is 378 g/mol. The lowest BCUT2D eigenvalue weighted by atomic mass is 9.77. The van der Waals surface area contributed by atoms with E-state index in [1.165, 1.54) is 0 Å². The molecular formula is C25H30O3. The third-order valence-electron chi connectivity index (χ3n) is 5.28. The predicted octanol–water partition coefficient (Wildman–Crippen LogP) is 6.05. The van der Waals surface area contributed by atoms with Crippen molar-refractivity contribution in [3.05, 3.63) is 88.0 Å². The molecule has 0 aliphatic heterocycles. The molecule has 0 aliphatic carbocycles. The van der Waals surface area contributed by atoms with Crippen molar-refractivity contribution in [1.29, 1.82) is 0 Å². The van der Waals surface area contributed by atoms with Crippen molar-refractivity contribution in [3.8, 4) is 17.2 Å². The van der Waals surface area contributed by atoms with Gasteiger partial charge in [-0.1, -0.05) is 56.3 Å². The molecule has 0 spiro atoms. The highest BCUT2D eigenvalue weighted by molar-refractivity contribution is 5.46. The number of phenols is 3. The Kier molecular flexibility index (Phi) is 6.40. The molecule has 0 atom stereocenters. The molecule has 0 aliphatic rings. The number of hydrogen-bond donors (Lipinski definition) is 3. The van der Waals surface area contributed by atoms with Crippen LogP contribution in [0.1, 0.15) is 47.2 Å². The van der Waals surface area contributed by atoms with Gasteiger partial charge in [0.1, 0.15) is 17.2 Å². The minimum absolute atomic E-state index is 0.170. The number of phenolic OH excluding ortho intramolecular Hbond substituents is 3. The lowest BCUT2D eigenvalue weighted by molar-refractivity contribution is 0.467. The SMILES string of the molecule is Cc1cc(C(C)(C)c2ccc(O)c(C)c2)ccc1O.Cc1cccc(C)c1O. The van der Waals surface area contributed by atoms with E-state index in [0.29, 0.717) is 17.2 Å². The van der Waals surface area contributed by atoms with Crippen LogP contribution in [-0.2, 0) is 5.41 Å². The first kappa shape index (κ1) is 21.4. The quantitative estimate of drug-likeness (QED) is 0.509. The Labute approximate surface area is 167 Å². The van der Waals surface area contributed by atoms with Gasteiger partial charge in [0.15, 0.2) is 0 Å². The van der Waals surface area contributed by atoms with Gasteiger partial charge in [0.25, 0.3) is 0 Å². The predicted molar refractivity (Wildman–Crippen MR) is 115 cm³/mol. The number of aromatic hydroxyl groups is 3. The van der Waals surface area contributed by atoms with E-state index < -0.39 is 0 Å². The highest BCUT2D eigenvalue weighted by atomic mass is 16.3. The first-order chi connectivity index (χ1) is 13.0. The lowest BCUT2D eigenvalue weighted by Crippen LogP contribution is -2.19. The Hall–Kier alpha value is -2.94. The van der Waals surface area contributed by atoms with E-state index in [4.69, 9.17) is 0 Å². The Morgan fingerprint density at radius 1 is 0.571 bits per heavy atom. The van der Waals surface area contributed by atoms with Crippen LogP contribution >= 0.6 is 0 Å². The van der Waals surface area contributed by atoms with Crippen LogP contribution in [0.2, 0.25) is 0 Å². The second-order valence-corrected chi connectivity index (χ2v) is 7.87. The van der Waals surface area contributed by atoms with Crippen molar-refractivity contribution in [2.45, 2.75) is 47.0 Å². The largest absolute Gasteiger partial charge is 0.508 e. The summed E-state index contributed by atoms with van der Waals surface area (Å²) in [4.78, 5) is 0. The van der Waals surface area contributed by atoms with E-state index in [9.17, 15) is 15.3 Å². The van der Waals surface area contributed by atoms with E-state index in [1.807, 2.05) is 70.2 Å². The molecule has 148 valence electrons. The molecule has 0 fully saturated rings. The van der Waals surface area contributed by atoms with E-state index in [-0.39, 0.29) is 5.41 Å². The van der Waals surface area contributed by atoms with Gasteiger partial charge in [0, 0.05) is 5.41 Å². The van der Waals surface area contributed by atoms with E-state index in [1.54, 1.807) is 12.1 Å². The van der Waals surface area contributed by atoms with E-state index in [2.05, 4.69) is 13.8 Å². The third-order valence-corrected chi connectivity index (χ3v) is 5.28. The van der Waals surface area contributed by atoms with Crippen molar-refractivity contribution in [2.24, 2.45) is 0 Å². The maximum atomic E-state index is 9.63. The van der Waals surface area contributed by atoms with Crippen LogP contribution in [0.25, 0.3) is 0 Å². The molecule has 0 saturated carbocycles. The van der Waals surface area contributed by atoms with Crippen LogP contribution in [0.3, 0.4) is 0 Å². The fourth-order valence-corrected chi connectivity index (χ4v) is 3.06. The normalized spacial score (nSPS) is 10.9. The second kappa shape index (κ2) is 8.39. The minimum Gasteiger partial charge on any atom is -0.508 e. The molecule has 0 radical (unpaired) electrons. The van der Waals surface area contributed by atoms with Gasteiger partial charge in [-0.15, -0.1) is 0 Å². The molecule has 0 unspecified atom stereocenters. The number of benzene rings is 3. The van der Waals surface area contributed by atoms with Gasteiger partial charge in [0.05, 0.1) is 0 Å². The van der Waals surface area contributed by atoms with Crippen molar-refractivity contribution in [3.63, 3.8) is 0 Å². The Bertz CT molecular complexity index is 898. The fourth-order valence-electron chi connectivity index (χ4n) is 3.06. The van der Waals surface area contributed by atoms with Crippen LogP contribution < -0.4 is 0 Å². The summed E-state index contributed by atoms with van der Waals surface area (Å²) in [5.74, 6) is 1.06. The summed E-state index contributed by atoms with van der Waals surface area (Å²) in [5.41, 5.74) is 5.75. The summed E-state index contributed by atoms with van der Waals surface area (Å²) in [6.45, 7) is 11.9. The van der Waals surface area contributed by atoms with Crippen LogP contribution in [0, 0.1) is 27.7 Å². The Balaban J connectivity index is 0.000000261. The van der Waals surface area contributed by atoms with Crippen molar-refractivity contribution >= 4 is 0 Å². The van der Waals surface area contributed by atoms with Crippen LogP contribution in [0.15, 0.2) is 54.6 Å². The Morgan fingerprint density at radius 2 is 0.964 bits per heavy atom. The van der Waals surface area contributed by atoms with Crippen molar-refractivity contribution in [1.82, 2.24) is 0 Å². The number of aryl methyl sites for hydroxylation is 4. The number of para-hydroxylation sites is 1. The maximum Gasteiger partial charge on any atom is 0.121 e. The summed E-state index contributed by atoms with van der Waals surface area (Å²) in [6.07, 6.45) is 0. The maximum absolute atomic E-state index is 9.63. The highest BCUT2D eigenvalue weighted by Gasteiger charge is 2.24. The highest BCUT2D eigenvalue weighted by Crippen LogP contribution is 2.35. The van der Waals surface area contributed by atoms with E-state index >= 15 is 0 Å². The van der Waals surface area contributed by atoms with Gasteiger partial charge in [0.2, 0.25) is 0 Å². The van der Waals surface area contributed by atoms with Crippen LogP contribution in [-0.4, -0.2) is 15.3 Å². The summed E-state index contributed by atoms with van der Waals surface area (Å²) in [6, 6.07) is 17.1. The molecule has 3 heteroatoms. The molecule has 0 heterocycles. The molecule has 0 bridgehead atoms. The zero-order chi connectivity index (χ0) is 21.1. The van der Waals surface area contributed by atoms with E-state index in [0.717, 1.165) is 33.4 Å². The second-order valence-electron chi connectivity index (χ2n) is 7.87. The first-order valence-electron chi connectivity index (χ1n) is 9.39. The molecule has 3 aromatic rings.